The second kappa shape index (κ2) is 8.93. The van der Waals surface area contributed by atoms with Crippen molar-refractivity contribution in [2.24, 2.45) is 5.73 Å². The zero-order chi connectivity index (χ0) is 14.4. The molecular formula is C16H21ClN2OS. The molecule has 0 aliphatic heterocycles. The second-order valence-corrected chi connectivity index (χ2v) is 5.69. The Hall–Kier alpha value is -1.23. The van der Waals surface area contributed by atoms with Gasteiger partial charge in [0.25, 0.3) is 0 Å². The first kappa shape index (κ1) is 17.8. The maximum Gasteiger partial charge on any atom is 0.221 e. The monoisotopic (exact) mass is 324 g/mol. The molecule has 0 heterocycles. The SMILES string of the molecule is CSCCC(=O)NC(CN)c1ccc2ccccc2c1.Cl. The number of hydrogen-bond acceptors (Lipinski definition) is 3. The standard InChI is InChI=1S/C16H20N2OS.ClH/c1-20-9-8-16(19)18-15(11-17)14-7-6-12-4-2-3-5-13(12)10-14;/h2-7,10,15H,8-9,11,17H2,1H3,(H,18,19);1H. The van der Waals surface area contributed by atoms with Gasteiger partial charge in [0.2, 0.25) is 5.91 Å². The predicted octanol–water partition coefficient (Wildman–Crippen LogP) is 3.13. The molecule has 0 fully saturated rings. The topological polar surface area (TPSA) is 55.1 Å². The van der Waals surface area contributed by atoms with E-state index < -0.39 is 0 Å². The quantitative estimate of drug-likeness (QED) is 0.858. The Morgan fingerprint density at radius 3 is 2.62 bits per heavy atom. The normalized spacial score (nSPS) is 11.7. The Morgan fingerprint density at radius 1 is 1.24 bits per heavy atom. The number of fused-ring (bicyclic) bond motifs is 1. The van der Waals surface area contributed by atoms with Crippen molar-refractivity contribution >= 4 is 40.8 Å². The van der Waals surface area contributed by atoms with Crippen molar-refractivity contribution in [1.29, 1.82) is 0 Å². The summed E-state index contributed by atoms with van der Waals surface area (Å²) in [5.41, 5.74) is 6.86. The summed E-state index contributed by atoms with van der Waals surface area (Å²) in [6.07, 6.45) is 2.53. The smallest absolute Gasteiger partial charge is 0.221 e. The largest absolute Gasteiger partial charge is 0.348 e. The molecule has 2 aromatic carbocycles. The van der Waals surface area contributed by atoms with Crippen molar-refractivity contribution < 1.29 is 4.79 Å². The average molecular weight is 325 g/mol. The number of thioether (sulfide) groups is 1. The fraction of sp³-hybridized carbons (Fsp3) is 0.312. The number of nitrogens with one attached hydrogen (secondary N) is 1. The Morgan fingerprint density at radius 2 is 1.95 bits per heavy atom. The lowest BCUT2D eigenvalue weighted by molar-refractivity contribution is -0.121. The molecule has 0 bridgehead atoms. The molecule has 21 heavy (non-hydrogen) atoms. The maximum atomic E-state index is 11.8. The summed E-state index contributed by atoms with van der Waals surface area (Å²) < 4.78 is 0. The lowest BCUT2D eigenvalue weighted by Crippen LogP contribution is -2.33. The summed E-state index contributed by atoms with van der Waals surface area (Å²) in [7, 11) is 0. The zero-order valence-electron chi connectivity index (χ0n) is 12.0. The van der Waals surface area contributed by atoms with E-state index in [-0.39, 0.29) is 24.4 Å². The van der Waals surface area contributed by atoms with Crippen LogP contribution in [0.2, 0.25) is 0 Å². The predicted molar refractivity (Wildman–Crippen MR) is 94.1 cm³/mol. The molecule has 0 aromatic heterocycles. The Labute approximate surface area is 136 Å². The molecule has 1 amide bonds. The number of carbonyl (C=O) groups is 1. The molecule has 0 aliphatic rings. The summed E-state index contributed by atoms with van der Waals surface area (Å²) in [4.78, 5) is 11.8. The van der Waals surface area contributed by atoms with Crippen molar-refractivity contribution in [3.05, 3.63) is 48.0 Å². The molecule has 0 radical (unpaired) electrons. The first-order valence-electron chi connectivity index (χ1n) is 6.71. The molecule has 5 heteroatoms. The number of rotatable bonds is 6. The molecule has 0 spiro atoms. The third-order valence-electron chi connectivity index (χ3n) is 3.28. The Bertz CT molecular complexity index is 591. The zero-order valence-corrected chi connectivity index (χ0v) is 13.7. The minimum Gasteiger partial charge on any atom is -0.348 e. The van der Waals surface area contributed by atoms with E-state index in [0.717, 1.165) is 11.3 Å². The van der Waals surface area contributed by atoms with Crippen LogP contribution in [0.1, 0.15) is 18.0 Å². The second-order valence-electron chi connectivity index (χ2n) is 4.71. The highest BCUT2D eigenvalue weighted by Crippen LogP contribution is 2.20. The molecule has 2 rings (SSSR count). The van der Waals surface area contributed by atoms with E-state index >= 15 is 0 Å². The highest BCUT2D eigenvalue weighted by atomic mass is 35.5. The van der Waals surface area contributed by atoms with Crippen molar-refractivity contribution in [2.75, 3.05) is 18.6 Å². The third kappa shape index (κ3) is 4.92. The van der Waals surface area contributed by atoms with Crippen LogP contribution in [-0.4, -0.2) is 24.5 Å². The lowest BCUT2D eigenvalue weighted by atomic mass is 10.0. The van der Waals surface area contributed by atoms with Gasteiger partial charge in [-0.15, -0.1) is 12.4 Å². The van der Waals surface area contributed by atoms with Crippen molar-refractivity contribution in [3.63, 3.8) is 0 Å². The van der Waals surface area contributed by atoms with Gasteiger partial charge in [-0.2, -0.15) is 11.8 Å². The van der Waals surface area contributed by atoms with E-state index in [0.29, 0.717) is 13.0 Å². The molecule has 3 nitrogen and oxygen atoms in total. The van der Waals surface area contributed by atoms with Crippen LogP contribution in [0.15, 0.2) is 42.5 Å². The molecular weight excluding hydrogens is 304 g/mol. The highest BCUT2D eigenvalue weighted by molar-refractivity contribution is 7.98. The van der Waals surface area contributed by atoms with Crippen LogP contribution in [0.4, 0.5) is 0 Å². The van der Waals surface area contributed by atoms with Crippen LogP contribution in [0.5, 0.6) is 0 Å². The molecule has 0 aliphatic carbocycles. The van der Waals surface area contributed by atoms with Crippen LogP contribution in [0, 0.1) is 0 Å². The fourth-order valence-corrected chi connectivity index (χ4v) is 2.55. The van der Waals surface area contributed by atoms with Gasteiger partial charge < -0.3 is 11.1 Å². The van der Waals surface area contributed by atoms with Crippen molar-refractivity contribution in [1.82, 2.24) is 5.32 Å². The first-order valence-corrected chi connectivity index (χ1v) is 8.11. The number of nitrogens with two attached hydrogens (primary N) is 1. The van der Waals surface area contributed by atoms with E-state index in [9.17, 15) is 4.79 Å². The summed E-state index contributed by atoms with van der Waals surface area (Å²) in [5.74, 6) is 0.892. The van der Waals surface area contributed by atoms with Crippen molar-refractivity contribution in [3.8, 4) is 0 Å². The van der Waals surface area contributed by atoms with Gasteiger partial charge in [0, 0.05) is 18.7 Å². The fourth-order valence-electron chi connectivity index (χ4n) is 2.16. The molecule has 3 N–H and O–H groups in total. The van der Waals surface area contributed by atoms with E-state index in [1.54, 1.807) is 11.8 Å². The van der Waals surface area contributed by atoms with Crippen molar-refractivity contribution in [2.45, 2.75) is 12.5 Å². The van der Waals surface area contributed by atoms with Crippen LogP contribution >= 0.6 is 24.2 Å². The van der Waals surface area contributed by atoms with E-state index in [1.165, 1.54) is 10.8 Å². The summed E-state index contributed by atoms with van der Waals surface area (Å²) in [6, 6.07) is 14.3. The molecule has 1 atom stereocenters. The lowest BCUT2D eigenvalue weighted by Gasteiger charge is -2.18. The van der Waals surface area contributed by atoms with Gasteiger partial charge in [0.05, 0.1) is 6.04 Å². The van der Waals surface area contributed by atoms with Gasteiger partial charge in [-0.3, -0.25) is 4.79 Å². The third-order valence-corrected chi connectivity index (χ3v) is 3.89. The Kier molecular flexibility index (Phi) is 7.57. The van der Waals surface area contributed by atoms with Crippen LogP contribution in [0.25, 0.3) is 10.8 Å². The molecule has 2 aromatic rings. The number of amides is 1. The molecule has 0 saturated heterocycles. The minimum absolute atomic E-state index is 0. The summed E-state index contributed by atoms with van der Waals surface area (Å²) in [5, 5.41) is 5.37. The van der Waals surface area contributed by atoms with Gasteiger partial charge in [0.1, 0.15) is 0 Å². The number of carbonyl (C=O) groups excluding carboxylic acids is 1. The van der Waals surface area contributed by atoms with Crippen LogP contribution in [0.3, 0.4) is 0 Å². The summed E-state index contributed by atoms with van der Waals surface area (Å²) >= 11 is 1.67. The van der Waals surface area contributed by atoms with E-state index in [4.69, 9.17) is 5.73 Å². The molecule has 1 unspecified atom stereocenters. The molecule has 114 valence electrons. The van der Waals surface area contributed by atoms with Gasteiger partial charge in [-0.05, 0) is 28.7 Å². The van der Waals surface area contributed by atoms with Crippen LogP contribution < -0.4 is 11.1 Å². The number of benzene rings is 2. The maximum absolute atomic E-state index is 11.8. The number of halogens is 1. The van der Waals surface area contributed by atoms with E-state index in [1.807, 2.05) is 24.5 Å². The first-order chi connectivity index (χ1) is 9.74. The Balaban J connectivity index is 0.00000220. The summed E-state index contributed by atoms with van der Waals surface area (Å²) in [6.45, 7) is 0.406. The van der Waals surface area contributed by atoms with Gasteiger partial charge >= 0.3 is 0 Å². The van der Waals surface area contributed by atoms with Gasteiger partial charge in [-0.25, -0.2) is 0 Å². The van der Waals surface area contributed by atoms with Gasteiger partial charge in [-0.1, -0.05) is 36.4 Å². The van der Waals surface area contributed by atoms with Gasteiger partial charge in [0.15, 0.2) is 0 Å². The molecule has 0 saturated carbocycles. The van der Waals surface area contributed by atoms with E-state index in [2.05, 4.69) is 29.6 Å². The van der Waals surface area contributed by atoms with Crippen LogP contribution in [-0.2, 0) is 4.79 Å². The highest BCUT2D eigenvalue weighted by Gasteiger charge is 2.13. The number of hydrogen-bond donors (Lipinski definition) is 2. The minimum atomic E-state index is -0.117. The average Bonchev–Trinajstić information content (AvgIpc) is 2.50.